The number of nitrogens with one attached hydrogen (secondary N) is 2. The summed E-state index contributed by atoms with van der Waals surface area (Å²) in [6.45, 7) is 7.07. The fourth-order valence-electron chi connectivity index (χ4n) is 1.93. The summed E-state index contributed by atoms with van der Waals surface area (Å²) in [5.41, 5.74) is 3.40. The van der Waals surface area contributed by atoms with Gasteiger partial charge in [-0.3, -0.25) is 0 Å². The molecular weight excluding hydrogens is 236 g/mol. The van der Waals surface area contributed by atoms with E-state index < -0.39 is 0 Å². The van der Waals surface area contributed by atoms with E-state index in [9.17, 15) is 0 Å². The summed E-state index contributed by atoms with van der Waals surface area (Å²) in [7, 11) is 0. The summed E-state index contributed by atoms with van der Waals surface area (Å²) in [6, 6.07) is 8.38. The van der Waals surface area contributed by atoms with E-state index in [0.717, 1.165) is 35.9 Å². The Hall–Kier alpha value is -2.10. The number of aryl methyl sites for hydroxylation is 1. The maximum Gasteiger partial charge on any atom is 0.138 e. The first kappa shape index (κ1) is 13.3. The van der Waals surface area contributed by atoms with Crippen LogP contribution in [0.25, 0.3) is 0 Å². The SMILES string of the molecule is CCNc1ncnc(Nc2cccc(CC)c2)c1C. The van der Waals surface area contributed by atoms with Gasteiger partial charge >= 0.3 is 0 Å². The summed E-state index contributed by atoms with van der Waals surface area (Å²) >= 11 is 0. The van der Waals surface area contributed by atoms with Crippen LogP contribution in [0.15, 0.2) is 30.6 Å². The lowest BCUT2D eigenvalue weighted by Gasteiger charge is -2.12. The van der Waals surface area contributed by atoms with Gasteiger partial charge in [0.2, 0.25) is 0 Å². The highest BCUT2D eigenvalue weighted by Crippen LogP contribution is 2.22. The average molecular weight is 256 g/mol. The van der Waals surface area contributed by atoms with Crippen LogP contribution in [0.5, 0.6) is 0 Å². The fourth-order valence-corrected chi connectivity index (χ4v) is 1.93. The number of hydrogen-bond donors (Lipinski definition) is 2. The number of anilines is 3. The van der Waals surface area contributed by atoms with Crippen molar-refractivity contribution in [2.24, 2.45) is 0 Å². The predicted molar refractivity (Wildman–Crippen MR) is 80.0 cm³/mol. The molecule has 0 fully saturated rings. The minimum Gasteiger partial charge on any atom is -0.370 e. The van der Waals surface area contributed by atoms with Crippen LogP contribution in [-0.2, 0) is 6.42 Å². The molecule has 1 heterocycles. The van der Waals surface area contributed by atoms with Gasteiger partial charge in [-0.15, -0.1) is 0 Å². The normalized spacial score (nSPS) is 10.3. The van der Waals surface area contributed by atoms with Gasteiger partial charge < -0.3 is 10.6 Å². The Morgan fingerprint density at radius 2 is 1.89 bits per heavy atom. The summed E-state index contributed by atoms with van der Waals surface area (Å²) in [6.07, 6.45) is 2.61. The van der Waals surface area contributed by atoms with Crippen molar-refractivity contribution in [1.82, 2.24) is 9.97 Å². The van der Waals surface area contributed by atoms with Gasteiger partial charge in [-0.05, 0) is 38.0 Å². The molecule has 0 aliphatic rings. The van der Waals surface area contributed by atoms with Gasteiger partial charge in [0.15, 0.2) is 0 Å². The third kappa shape index (κ3) is 3.22. The second kappa shape index (κ2) is 6.18. The van der Waals surface area contributed by atoms with Crippen LogP contribution in [-0.4, -0.2) is 16.5 Å². The van der Waals surface area contributed by atoms with Crippen molar-refractivity contribution >= 4 is 17.3 Å². The van der Waals surface area contributed by atoms with E-state index in [0.29, 0.717) is 0 Å². The molecule has 100 valence electrons. The summed E-state index contributed by atoms with van der Waals surface area (Å²) < 4.78 is 0. The molecule has 4 heteroatoms. The van der Waals surface area contributed by atoms with E-state index in [4.69, 9.17) is 0 Å². The lowest BCUT2D eigenvalue weighted by atomic mass is 10.1. The van der Waals surface area contributed by atoms with E-state index in [1.807, 2.05) is 13.0 Å². The highest BCUT2D eigenvalue weighted by atomic mass is 15.1. The summed E-state index contributed by atoms with van der Waals surface area (Å²) in [5.74, 6) is 1.73. The van der Waals surface area contributed by atoms with Gasteiger partial charge in [-0.25, -0.2) is 9.97 Å². The Labute approximate surface area is 114 Å². The lowest BCUT2D eigenvalue weighted by Crippen LogP contribution is -2.05. The van der Waals surface area contributed by atoms with Crippen molar-refractivity contribution in [1.29, 1.82) is 0 Å². The molecule has 4 nitrogen and oxygen atoms in total. The molecule has 0 spiro atoms. The Kier molecular flexibility index (Phi) is 4.34. The molecule has 19 heavy (non-hydrogen) atoms. The Balaban J connectivity index is 2.25. The van der Waals surface area contributed by atoms with Gasteiger partial charge in [-0.2, -0.15) is 0 Å². The van der Waals surface area contributed by atoms with E-state index in [-0.39, 0.29) is 0 Å². The van der Waals surface area contributed by atoms with Crippen LogP contribution >= 0.6 is 0 Å². The van der Waals surface area contributed by atoms with Gasteiger partial charge in [-0.1, -0.05) is 19.1 Å². The van der Waals surface area contributed by atoms with Gasteiger partial charge in [0, 0.05) is 17.8 Å². The minimum absolute atomic E-state index is 0.846. The number of hydrogen-bond acceptors (Lipinski definition) is 4. The summed E-state index contributed by atoms with van der Waals surface area (Å²) in [4.78, 5) is 8.55. The van der Waals surface area contributed by atoms with E-state index in [1.54, 1.807) is 6.33 Å². The van der Waals surface area contributed by atoms with Crippen LogP contribution in [0, 0.1) is 6.92 Å². The number of aromatic nitrogens is 2. The van der Waals surface area contributed by atoms with Crippen molar-refractivity contribution < 1.29 is 0 Å². The molecule has 2 aromatic rings. The van der Waals surface area contributed by atoms with Gasteiger partial charge in [0.25, 0.3) is 0 Å². The monoisotopic (exact) mass is 256 g/mol. The maximum atomic E-state index is 4.31. The third-order valence-electron chi connectivity index (χ3n) is 3.03. The molecule has 0 aliphatic carbocycles. The third-order valence-corrected chi connectivity index (χ3v) is 3.03. The molecule has 0 radical (unpaired) electrons. The molecule has 0 aliphatic heterocycles. The molecule has 2 N–H and O–H groups in total. The first-order chi connectivity index (χ1) is 9.24. The lowest BCUT2D eigenvalue weighted by molar-refractivity contribution is 1.08. The largest absolute Gasteiger partial charge is 0.370 e. The molecular formula is C15H20N4. The molecule has 0 atom stereocenters. The maximum absolute atomic E-state index is 4.31. The van der Waals surface area contributed by atoms with Crippen LogP contribution < -0.4 is 10.6 Å². The summed E-state index contributed by atoms with van der Waals surface area (Å²) in [5, 5.41) is 6.59. The molecule has 0 bridgehead atoms. The number of nitrogens with zero attached hydrogens (tertiary/aromatic N) is 2. The van der Waals surface area contributed by atoms with Crippen LogP contribution in [0.1, 0.15) is 25.0 Å². The molecule has 0 saturated carbocycles. The topological polar surface area (TPSA) is 49.8 Å². The van der Waals surface area contributed by atoms with Crippen LogP contribution in [0.3, 0.4) is 0 Å². The molecule has 0 saturated heterocycles. The molecule has 2 rings (SSSR count). The highest BCUT2D eigenvalue weighted by Gasteiger charge is 2.06. The zero-order valence-electron chi connectivity index (χ0n) is 11.7. The second-order valence-electron chi connectivity index (χ2n) is 4.41. The van der Waals surface area contributed by atoms with Gasteiger partial charge in [0.05, 0.1) is 0 Å². The van der Waals surface area contributed by atoms with E-state index in [2.05, 4.69) is 52.6 Å². The van der Waals surface area contributed by atoms with Crippen molar-refractivity contribution in [2.75, 3.05) is 17.2 Å². The molecule has 1 aromatic carbocycles. The fraction of sp³-hybridized carbons (Fsp3) is 0.333. The highest BCUT2D eigenvalue weighted by molar-refractivity contribution is 5.64. The molecule has 0 amide bonds. The molecule has 1 aromatic heterocycles. The first-order valence-electron chi connectivity index (χ1n) is 6.66. The Morgan fingerprint density at radius 1 is 1.11 bits per heavy atom. The Morgan fingerprint density at radius 3 is 2.63 bits per heavy atom. The minimum atomic E-state index is 0.846. The van der Waals surface area contributed by atoms with Crippen molar-refractivity contribution in [3.63, 3.8) is 0 Å². The van der Waals surface area contributed by atoms with Crippen molar-refractivity contribution in [3.05, 3.63) is 41.7 Å². The number of rotatable bonds is 5. The zero-order chi connectivity index (χ0) is 13.7. The Bertz CT molecular complexity index is 552. The van der Waals surface area contributed by atoms with Gasteiger partial charge in [0.1, 0.15) is 18.0 Å². The number of benzene rings is 1. The first-order valence-corrected chi connectivity index (χ1v) is 6.66. The quantitative estimate of drug-likeness (QED) is 0.859. The predicted octanol–water partition coefficient (Wildman–Crippen LogP) is 3.52. The average Bonchev–Trinajstić information content (AvgIpc) is 2.44. The van der Waals surface area contributed by atoms with Crippen molar-refractivity contribution in [2.45, 2.75) is 27.2 Å². The van der Waals surface area contributed by atoms with Crippen molar-refractivity contribution in [3.8, 4) is 0 Å². The smallest absolute Gasteiger partial charge is 0.138 e. The zero-order valence-corrected chi connectivity index (χ0v) is 11.7. The molecule has 0 unspecified atom stereocenters. The standard InChI is InChI=1S/C15H20N4/c1-4-12-7-6-8-13(9-12)19-15-11(3)14(16-5-2)17-10-18-15/h6-10H,4-5H2,1-3H3,(H2,16,17,18,19). The second-order valence-corrected chi connectivity index (χ2v) is 4.41. The van der Waals surface area contributed by atoms with E-state index in [1.165, 1.54) is 5.56 Å². The van der Waals surface area contributed by atoms with Crippen LogP contribution in [0.4, 0.5) is 17.3 Å². The van der Waals surface area contributed by atoms with Crippen LogP contribution in [0.2, 0.25) is 0 Å². The van der Waals surface area contributed by atoms with E-state index >= 15 is 0 Å².